The Morgan fingerprint density at radius 2 is 2.05 bits per heavy atom. The van der Waals surface area contributed by atoms with Crippen LogP contribution in [0.3, 0.4) is 0 Å². The summed E-state index contributed by atoms with van der Waals surface area (Å²) in [6, 6.07) is 3.25. The number of halogens is 2. The quantitative estimate of drug-likeness (QED) is 0.893. The van der Waals surface area contributed by atoms with Crippen molar-refractivity contribution >= 4 is 5.91 Å². The molecule has 4 heteroatoms. The van der Waals surface area contributed by atoms with Gasteiger partial charge in [0, 0.05) is 12.1 Å². The van der Waals surface area contributed by atoms with Crippen molar-refractivity contribution in [3.63, 3.8) is 0 Å². The van der Waals surface area contributed by atoms with Gasteiger partial charge in [-0.1, -0.05) is 6.42 Å². The molecule has 0 heterocycles. The van der Waals surface area contributed by atoms with Gasteiger partial charge >= 0.3 is 0 Å². The Kier molecular flexibility index (Phi) is 3.25. The van der Waals surface area contributed by atoms with E-state index in [1.54, 1.807) is 0 Å². The standard InChI is InChI=1S/C15H17F2NO/c16-13-4-3-11(7-14(13)17)15(19)18-8-12-6-9-1-2-10(12)5-9/h3-4,7,9-10,12H,1-2,5-6,8H2,(H,18,19)/t9-,10+,12-/m0/s1. The molecule has 0 saturated heterocycles. The van der Waals surface area contributed by atoms with Crippen LogP contribution in [0.4, 0.5) is 8.78 Å². The van der Waals surface area contributed by atoms with Gasteiger partial charge in [-0.2, -0.15) is 0 Å². The van der Waals surface area contributed by atoms with Gasteiger partial charge < -0.3 is 5.32 Å². The maximum absolute atomic E-state index is 13.0. The Hall–Kier alpha value is -1.45. The maximum Gasteiger partial charge on any atom is 0.251 e. The van der Waals surface area contributed by atoms with Gasteiger partial charge in [-0.15, -0.1) is 0 Å². The molecule has 19 heavy (non-hydrogen) atoms. The van der Waals surface area contributed by atoms with E-state index in [1.165, 1.54) is 31.7 Å². The van der Waals surface area contributed by atoms with Crippen molar-refractivity contribution in [2.45, 2.75) is 25.7 Å². The molecule has 3 atom stereocenters. The van der Waals surface area contributed by atoms with Crippen LogP contribution in [0, 0.1) is 29.4 Å². The highest BCUT2D eigenvalue weighted by Crippen LogP contribution is 2.47. The van der Waals surface area contributed by atoms with Crippen molar-refractivity contribution in [3.05, 3.63) is 35.4 Å². The molecule has 0 aliphatic heterocycles. The van der Waals surface area contributed by atoms with E-state index in [1.807, 2.05) is 0 Å². The summed E-state index contributed by atoms with van der Waals surface area (Å²) in [7, 11) is 0. The number of amides is 1. The first-order chi connectivity index (χ1) is 9.13. The van der Waals surface area contributed by atoms with Gasteiger partial charge in [0.1, 0.15) is 0 Å². The zero-order valence-corrected chi connectivity index (χ0v) is 10.7. The normalized spacial score (nSPS) is 28.6. The van der Waals surface area contributed by atoms with Crippen LogP contribution in [0.5, 0.6) is 0 Å². The average molecular weight is 265 g/mol. The molecule has 0 spiro atoms. The molecule has 1 aromatic rings. The smallest absolute Gasteiger partial charge is 0.251 e. The van der Waals surface area contributed by atoms with Crippen LogP contribution in [0.15, 0.2) is 18.2 Å². The molecule has 2 aliphatic rings. The Labute approximate surface area is 111 Å². The number of hydrogen-bond acceptors (Lipinski definition) is 1. The summed E-state index contributed by atoms with van der Waals surface area (Å²) in [6.07, 6.45) is 5.10. The Morgan fingerprint density at radius 1 is 1.21 bits per heavy atom. The molecule has 0 unspecified atom stereocenters. The minimum Gasteiger partial charge on any atom is -0.352 e. The summed E-state index contributed by atoms with van der Waals surface area (Å²) in [6.45, 7) is 0.652. The van der Waals surface area contributed by atoms with Gasteiger partial charge in [0.05, 0.1) is 0 Å². The summed E-state index contributed by atoms with van der Waals surface area (Å²) in [5, 5.41) is 2.84. The van der Waals surface area contributed by atoms with Gasteiger partial charge in [-0.05, 0) is 55.2 Å². The molecule has 2 nitrogen and oxygen atoms in total. The van der Waals surface area contributed by atoms with Crippen LogP contribution in [0.2, 0.25) is 0 Å². The van der Waals surface area contributed by atoms with Crippen molar-refractivity contribution in [1.82, 2.24) is 5.32 Å². The van der Waals surface area contributed by atoms with Gasteiger partial charge in [0.15, 0.2) is 11.6 Å². The first-order valence-corrected chi connectivity index (χ1v) is 6.86. The molecule has 2 saturated carbocycles. The molecule has 2 aliphatic carbocycles. The lowest BCUT2D eigenvalue weighted by molar-refractivity contribution is 0.0941. The summed E-state index contributed by atoms with van der Waals surface area (Å²) < 4.78 is 25.8. The fourth-order valence-corrected chi connectivity index (χ4v) is 3.59. The molecule has 3 rings (SSSR count). The topological polar surface area (TPSA) is 29.1 Å². The minimum atomic E-state index is -0.979. The second-order valence-electron chi connectivity index (χ2n) is 5.77. The Bertz CT molecular complexity index is 503. The van der Waals surface area contributed by atoms with Crippen LogP contribution < -0.4 is 5.32 Å². The Balaban J connectivity index is 1.57. The SMILES string of the molecule is O=C(NC[C@@H]1C[C@H]2CC[C@@H]1C2)c1ccc(F)c(F)c1. The number of nitrogens with one attached hydrogen (secondary N) is 1. The number of carbonyl (C=O) groups is 1. The fourth-order valence-electron chi connectivity index (χ4n) is 3.59. The zero-order chi connectivity index (χ0) is 13.4. The number of benzene rings is 1. The highest BCUT2D eigenvalue weighted by molar-refractivity contribution is 5.94. The first kappa shape index (κ1) is 12.6. The van der Waals surface area contributed by atoms with E-state index in [9.17, 15) is 13.6 Å². The van der Waals surface area contributed by atoms with E-state index >= 15 is 0 Å². The fraction of sp³-hybridized carbons (Fsp3) is 0.533. The molecule has 1 N–H and O–H groups in total. The van der Waals surface area contributed by atoms with E-state index in [0.29, 0.717) is 12.5 Å². The number of rotatable bonds is 3. The largest absolute Gasteiger partial charge is 0.352 e. The lowest BCUT2D eigenvalue weighted by Crippen LogP contribution is -2.31. The molecule has 1 amide bonds. The van der Waals surface area contributed by atoms with E-state index in [0.717, 1.165) is 24.0 Å². The first-order valence-electron chi connectivity index (χ1n) is 6.86. The molecule has 0 aromatic heterocycles. The second-order valence-corrected chi connectivity index (χ2v) is 5.77. The van der Waals surface area contributed by atoms with Gasteiger partial charge in [-0.25, -0.2) is 8.78 Å². The van der Waals surface area contributed by atoms with Gasteiger partial charge in [0.2, 0.25) is 0 Å². The van der Waals surface area contributed by atoms with Crippen molar-refractivity contribution < 1.29 is 13.6 Å². The van der Waals surface area contributed by atoms with E-state index in [4.69, 9.17) is 0 Å². The predicted octanol–water partition coefficient (Wildman–Crippen LogP) is 3.13. The maximum atomic E-state index is 13.0. The summed E-state index contributed by atoms with van der Waals surface area (Å²) >= 11 is 0. The van der Waals surface area contributed by atoms with Crippen LogP contribution in [-0.4, -0.2) is 12.5 Å². The number of carbonyl (C=O) groups excluding carboxylic acids is 1. The van der Waals surface area contributed by atoms with Crippen LogP contribution >= 0.6 is 0 Å². The second kappa shape index (κ2) is 4.91. The highest BCUT2D eigenvalue weighted by Gasteiger charge is 2.39. The lowest BCUT2D eigenvalue weighted by Gasteiger charge is -2.21. The molecular formula is C15H17F2NO. The number of hydrogen-bond donors (Lipinski definition) is 1. The Morgan fingerprint density at radius 3 is 2.68 bits per heavy atom. The molecule has 102 valence electrons. The average Bonchev–Trinajstić information content (AvgIpc) is 3.01. The third-order valence-corrected chi connectivity index (χ3v) is 4.59. The molecule has 2 bridgehead atoms. The van der Waals surface area contributed by atoms with Crippen molar-refractivity contribution in [3.8, 4) is 0 Å². The highest BCUT2D eigenvalue weighted by atomic mass is 19.2. The van der Waals surface area contributed by atoms with E-state index in [2.05, 4.69) is 5.32 Å². The summed E-state index contributed by atoms with van der Waals surface area (Å²) in [5.41, 5.74) is 0.182. The third kappa shape index (κ3) is 2.48. The monoisotopic (exact) mass is 265 g/mol. The van der Waals surface area contributed by atoms with Gasteiger partial charge in [-0.3, -0.25) is 4.79 Å². The zero-order valence-electron chi connectivity index (χ0n) is 10.7. The van der Waals surface area contributed by atoms with Crippen molar-refractivity contribution in [2.24, 2.45) is 17.8 Å². The molecular weight excluding hydrogens is 248 g/mol. The molecule has 1 aromatic carbocycles. The minimum absolute atomic E-state index is 0.182. The van der Waals surface area contributed by atoms with E-state index in [-0.39, 0.29) is 11.5 Å². The van der Waals surface area contributed by atoms with E-state index < -0.39 is 11.6 Å². The number of fused-ring (bicyclic) bond motifs is 2. The molecule has 0 radical (unpaired) electrons. The van der Waals surface area contributed by atoms with Crippen molar-refractivity contribution in [1.29, 1.82) is 0 Å². The lowest BCUT2D eigenvalue weighted by atomic mass is 9.89. The predicted molar refractivity (Wildman–Crippen MR) is 67.6 cm³/mol. The van der Waals surface area contributed by atoms with Crippen molar-refractivity contribution in [2.75, 3.05) is 6.54 Å². The summed E-state index contributed by atoms with van der Waals surface area (Å²) in [5.74, 6) is -0.0719. The summed E-state index contributed by atoms with van der Waals surface area (Å²) in [4.78, 5) is 11.9. The molecule has 2 fully saturated rings. The van der Waals surface area contributed by atoms with Crippen LogP contribution in [0.1, 0.15) is 36.0 Å². The van der Waals surface area contributed by atoms with Crippen LogP contribution in [0.25, 0.3) is 0 Å². The third-order valence-electron chi connectivity index (χ3n) is 4.59. The van der Waals surface area contributed by atoms with Gasteiger partial charge in [0.25, 0.3) is 5.91 Å². The van der Waals surface area contributed by atoms with Crippen LogP contribution in [-0.2, 0) is 0 Å².